The van der Waals surface area contributed by atoms with Gasteiger partial charge in [-0.05, 0) is 35.4 Å². The van der Waals surface area contributed by atoms with E-state index in [-0.39, 0.29) is 11.9 Å². The van der Waals surface area contributed by atoms with Crippen molar-refractivity contribution in [1.29, 1.82) is 0 Å². The highest BCUT2D eigenvalue weighted by Gasteiger charge is 2.23. The number of halogens is 1. The van der Waals surface area contributed by atoms with Crippen LogP contribution in [0.1, 0.15) is 31.2 Å². The van der Waals surface area contributed by atoms with Crippen LogP contribution in [0, 0.1) is 5.92 Å². The molecule has 0 radical (unpaired) electrons. The van der Waals surface area contributed by atoms with Gasteiger partial charge in [0, 0.05) is 5.33 Å². The van der Waals surface area contributed by atoms with Gasteiger partial charge in [-0.25, -0.2) is 0 Å². The Bertz CT molecular complexity index is 607. The molecule has 0 saturated heterocycles. The molecule has 23 heavy (non-hydrogen) atoms. The van der Waals surface area contributed by atoms with E-state index < -0.39 is 0 Å². The van der Waals surface area contributed by atoms with Gasteiger partial charge >= 0.3 is 5.97 Å². The van der Waals surface area contributed by atoms with Crippen LogP contribution in [-0.4, -0.2) is 18.4 Å². The molecule has 0 bridgehead atoms. The highest BCUT2D eigenvalue weighted by Crippen LogP contribution is 2.29. The first kappa shape index (κ1) is 17.7. The van der Waals surface area contributed by atoms with Crippen LogP contribution in [0.3, 0.4) is 0 Å². The van der Waals surface area contributed by atoms with Crippen molar-refractivity contribution in [2.24, 2.45) is 5.92 Å². The number of benzene rings is 2. The zero-order chi connectivity index (χ0) is 16.7. The summed E-state index contributed by atoms with van der Waals surface area (Å²) < 4.78 is 5.01. The minimum Gasteiger partial charge on any atom is -0.469 e. The molecule has 0 aliphatic heterocycles. The molecule has 122 valence electrons. The maximum Gasteiger partial charge on any atom is 0.313 e. The standard InChI is InChI=1S/C20H23BrO2/c1-15(12-13-21)14-19(20(22)23-2)18-10-8-17(9-11-18)16-6-4-3-5-7-16/h3-11,15,19H,12-14H2,1-2H3. The molecule has 2 rings (SSSR count). The number of methoxy groups -OCH3 is 1. The Balaban J connectivity index is 2.20. The fraction of sp³-hybridized carbons (Fsp3) is 0.350. The molecular formula is C20H23BrO2. The lowest BCUT2D eigenvalue weighted by Gasteiger charge is -2.19. The second-order valence-electron chi connectivity index (χ2n) is 5.88. The van der Waals surface area contributed by atoms with Gasteiger partial charge in [-0.1, -0.05) is 77.5 Å². The third kappa shape index (κ3) is 4.93. The van der Waals surface area contributed by atoms with Crippen LogP contribution in [0.4, 0.5) is 0 Å². The van der Waals surface area contributed by atoms with Crippen LogP contribution >= 0.6 is 15.9 Å². The van der Waals surface area contributed by atoms with E-state index in [2.05, 4.69) is 47.1 Å². The van der Waals surface area contributed by atoms with Crippen LogP contribution in [-0.2, 0) is 9.53 Å². The normalized spacial score (nSPS) is 13.3. The first-order valence-corrected chi connectivity index (χ1v) is 9.07. The Labute approximate surface area is 147 Å². The van der Waals surface area contributed by atoms with E-state index in [9.17, 15) is 4.79 Å². The lowest BCUT2D eigenvalue weighted by Crippen LogP contribution is -2.17. The van der Waals surface area contributed by atoms with Gasteiger partial charge in [-0.2, -0.15) is 0 Å². The van der Waals surface area contributed by atoms with Crippen molar-refractivity contribution in [2.45, 2.75) is 25.7 Å². The van der Waals surface area contributed by atoms with Crippen molar-refractivity contribution in [3.05, 3.63) is 60.2 Å². The molecule has 0 saturated carbocycles. The van der Waals surface area contributed by atoms with Gasteiger partial charge in [0.2, 0.25) is 0 Å². The third-order valence-electron chi connectivity index (χ3n) is 4.15. The predicted octanol–water partition coefficient (Wildman–Crippen LogP) is 5.42. The zero-order valence-corrected chi connectivity index (χ0v) is 15.3. The fourth-order valence-electron chi connectivity index (χ4n) is 2.76. The van der Waals surface area contributed by atoms with Crippen molar-refractivity contribution in [1.82, 2.24) is 0 Å². The molecule has 0 aliphatic carbocycles. The third-order valence-corrected chi connectivity index (χ3v) is 4.60. The minimum atomic E-state index is -0.195. The van der Waals surface area contributed by atoms with Crippen LogP contribution in [0.25, 0.3) is 11.1 Å². The molecule has 0 spiro atoms. The van der Waals surface area contributed by atoms with E-state index in [0.717, 1.165) is 29.3 Å². The van der Waals surface area contributed by atoms with Crippen LogP contribution in [0.2, 0.25) is 0 Å². The number of hydrogen-bond donors (Lipinski definition) is 0. The topological polar surface area (TPSA) is 26.3 Å². The molecule has 0 aromatic heterocycles. The summed E-state index contributed by atoms with van der Waals surface area (Å²) in [6.07, 6.45) is 1.86. The van der Waals surface area contributed by atoms with Gasteiger partial charge in [-0.15, -0.1) is 0 Å². The van der Waals surface area contributed by atoms with E-state index >= 15 is 0 Å². The quantitative estimate of drug-likeness (QED) is 0.477. The summed E-state index contributed by atoms with van der Waals surface area (Å²) in [5.74, 6) is 0.116. The van der Waals surface area contributed by atoms with E-state index in [1.54, 1.807) is 0 Å². The monoisotopic (exact) mass is 374 g/mol. The number of hydrogen-bond acceptors (Lipinski definition) is 2. The predicted molar refractivity (Wildman–Crippen MR) is 98.8 cm³/mol. The average Bonchev–Trinajstić information content (AvgIpc) is 2.60. The Morgan fingerprint density at radius 1 is 1.04 bits per heavy atom. The van der Waals surface area contributed by atoms with Gasteiger partial charge in [-0.3, -0.25) is 4.79 Å². The molecule has 0 aliphatic rings. The molecule has 0 amide bonds. The summed E-state index contributed by atoms with van der Waals surface area (Å²) in [5, 5.41) is 0.953. The first-order valence-electron chi connectivity index (χ1n) is 7.95. The van der Waals surface area contributed by atoms with Crippen LogP contribution in [0.15, 0.2) is 54.6 Å². The average molecular weight is 375 g/mol. The van der Waals surface area contributed by atoms with Crippen molar-refractivity contribution in [3.8, 4) is 11.1 Å². The summed E-state index contributed by atoms with van der Waals surface area (Å²) in [5.41, 5.74) is 3.37. The molecule has 3 heteroatoms. The van der Waals surface area contributed by atoms with Crippen molar-refractivity contribution in [3.63, 3.8) is 0 Å². The molecule has 2 unspecified atom stereocenters. The number of alkyl halides is 1. The summed E-state index contributed by atoms with van der Waals surface area (Å²) in [6.45, 7) is 2.18. The van der Waals surface area contributed by atoms with Crippen LogP contribution in [0.5, 0.6) is 0 Å². The Kier molecular flexibility index (Phi) is 6.85. The van der Waals surface area contributed by atoms with Gasteiger partial charge < -0.3 is 4.74 Å². The zero-order valence-electron chi connectivity index (χ0n) is 13.7. The first-order chi connectivity index (χ1) is 11.2. The lowest BCUT2D eigenvalue weighted by atomic mass is 9.87. The van der Waals surface area contributed by atoms with Gasteiger partial charge in [0.15, 0.2) is 0 Å². The number of carbonyl (C=O) groups is 1. The largest absolute Gasteiger partial charge is 0.469 e. The molecule has 2 aromatic carbocycles. The molecule has 0 N–H and O–H groups in total. The molecule has 2 nitrogen and oxygen atoms in total. The molecule has 0 heterocycles. The maximum absolute atomic E-state index is 12.2. The van der Waals surface area contributed by atoms with Crippen molar-refractivity contribution < 1.29 is 9.53 Å². The highest BCUT2D eigenvalue weighted by molar-refractivity contribution is 9.09. The molecule has 2 atom stereocenters. The Hall–Kier alpha value is -1.61. The molecule has 2 aromatic rings. The summed E-state index contributed by atoms with van der Waals surface area (Å²) in [4.78, 5) is 12.2. The van der Waals surface area contributed by atoms with Crippen molar-refractivity contribution in [2.75, 3.05) is 12.4 Å². The van der Waals surface area contributed by atoms with E-state index in [1.165, 1.54) is 12.7 Å². The SMILES string of the molecule is COC(=O)C(CC(C)CCBr)c1ccc(-c2ccccc2)cc1. The fourth-order valence-corrected chi connectivity index (χ4v) is 3.54. The van der Waals surface area contributed by atoms with Gasteiger partial charge in [0.25, 0.3) is 0 Å². The number of rotatable bonds is 7. The smallest absolute Gasteiger partial charge is 0.313 e. The summed E-state index contributed by atoms with van der Waals surface area (Å²) in [7, 11) is 1.46. The second kappa shape index (κ2) is 8.88. The summed E-state index contributed by atoms with van der Waals surface area (Å²) >= 11 is 3.47. The Morgan fingerprint density at radius 2 is 1.65 bits per heavy atom. The van der Waals surface area contributed by atoms with Gasteiger partial charge in [0.1, 0.15) is 0 Å². The second-order valence-corrected chi connectivity index (χ2v) is 6.68. The summed E-state index contributed by atoms with van der Waals surface area (Å²) in [6, 6.07) is 18.5. The highest BCUT2D eigenvalue weighted by atomic mass is 79.9. The number of esters is 1. The van der Waals surface area contributed by atoms with Crippen LogP contribution < -0.4 is 0 Å². The number of ether oxygens (including phenoxy) is 1. The van der Waals surface area contributed by atoms with E-state index in [1.807, 2.05) is 30.3 Å². The number of carbonyl (C=O) groups excluding carboxylic acids is 1. The Morgan fingerprint density at radius 3 is 2.22 bits per heavy atom. The van der Waals surface area contributed by atoms with E-state index in [0.29, 0.717) is 5.92 Å². The van der Waals surface area contributed by atoms with Crippen molar-refractivity contribution >= 4 is 21.9 Å². The minimum absolute atomic E-state index is 0.154. The van der Waals surface area contributed by atoms with Gasteiger partial charge in [0.05, 0.1) is 13.0 Å². The molecular weight excluding hydrogens is 352 g/mol. The van der Waals surface area contributed by atoms with E-state index in [4.69, 9.17) is 4.74 Å². The maximum atomic E-state index is 12.2. The molecule has 0 fully saturated rings. The lowest BCUT2D eigenvalue weighted by molar-refractivity contribution is -0.142.